The number of fused-ring (bicyclic) bond motifs is 3. The zero-order valence-electron chi connectivity index (χ0n) is 20.0. The van der Waals surface area contributed by atoms with Gasteiger partial charge in [-0.05, 0) is 35.1 Å². The predicted octanol–water partition coefficient (Wildman–Crippen LogP) is 3.40. The Morgan fingerprint density at radius 1 is 1.03 bits per heavy atom. The zero-order chi connectivity index (χ0) is 24.9. The first kappa shape index (κ1) is 25.2. The molecule has 8 heteroatoms. The standard InChI is InChI=1S/C26H32N2O6/c1-16(2)21(23(29)28-26(3,15-33-4)24(30)31)13-27-25(32)34-14-22-19-11-7-5-9-17(19)18-10-6-8-12-20(18)22/h5-12,16,21-22H,13-15H2,1-4H3,(H,27,32)(H,28,29)(H,30,31). The van der Waals surface area contributed by atoms with Crippen LogP contribution in [0.25, 0.3) is 11.1 Å². The van der Waals surface area contributed by atoms with Crippen LogP contribution >= 0.6 is 0 Å². The average Bonchev–Trinajstić information content (AvgIpc) is 3.11. The van der Waals surface area contributed by atoms with E-state index in [0.717, 1.165) is 22.3 Å². The molecule has 2 unspecified atom stereocenters. The Hall–Kier alpha value is -3.39. The fourth-order valence-corrected chi connectivity index (χ4v) is 4.28. The second-order valence-corrected chi connectivity index (χ2v) is 9.12. The van der Waals surface area contributed by atoms with Gasteiger partial charge in [-0.15, -0.1) is 0 Å². The molecule has 0 spiro atoms. The van der Waals surface area contributed by atoms with Gasteiger partial charge >= 0.3 is 12.1 Å². The first-order valence-electron chi connectivity index (χ1n) is 11.3. The first-order valence-corrected chi connectivity index (χ1v) is 11.3. The van der Waals surface area contributed by atoms with Gasteiger partial charge in [-0.3, -0.25) is 4.79 Å². The number of carbonyl (C=O) groups is 3. The molecule has 3 rings (SSSR count). The molecule has 0 saturated heterocycles. The lowest BCUT2D eigenvalue weighted by atomic mass is 9.93. The minimum Gasteiger partial charge on any atom is -0.479 e. The largest absolute Gasteiger partial charge is 0.479 e. The Kier molecular flexibility index (Phi) is 7.94. The highest BCUT2D eigenvalue weighted by Crippen LogP contribution is 2.44. The molecule has 0 fully saturated rings. The van der Waals surface area contributed by atoms with Crippen molar-refractivity contribution in [2.24, 2.45) is 11.8 Å². The third kappa shape index (κ3) is 5.39. The summed E-state index contributed by atoms with van der Waals surface area (Å²) in [5.74, 6) is -2.52. The lowest BCUT2D eigenvalue weighted by Crippen LogP contribution is -2.58. The number of hydrogen-bond acceptors (Lipinski definition) is 5. The van der Waals surface area contributed by atoms with Crippen LogP contribution < -0.4 is 10.6 Å². The normalized spacial score (nSPS) is 15.1. The topological polar surface area (TPSA) is 114 Å². The number of benzene rings is 2. The predicted molar refractivity (Wildman–Crippen MR) is 127 cm³/mol. The summed E-state index contributed by atoms with van der Waals surface area (Å²) in [4.78, 5) is 36.9. The highest BCUT2D eigenvalue weighted by molar-refractivity contribution is 5.88. The van der Waals surface area contributed by atoms with E-state index in [0.29, 0.717) is 0 Å². The van der Waals surface area contributed by atoms with Gasteiger partial charge in [0.05, 0.1) is 12.5 Å². The zero-order valence-corrected chi connectivity index (χ0v) is 20.0. The summed E-state index contributed by atoms with van der Waals surface area (Å²) in [6.07, 6.45) is -0.627. The second-order valence-electron chi connectivity index (χ2n) is 9.12. The highest BCUT2D eigenvalue weighted by Gasteiger charge is 2.37. The molecule has 2 aromatic rings. The summed E-state index contributed by atoms with van der Waals surface area (Å²) < 4.78 is 10.5. The Morgan fingerprint density at radius 3 is 2.09 bits per heavy atom. The first-order chi connectivity index (χ1) is 16.2. The van der Waals surface area contributed by atoms with Crippen molar-refractivity contribution < 1.29 is 29.0 Å². The number of nitrogens with one attached hydrogen (secondary N) is 2. The SMILES string of the molecule is COCC(C)(NC(=O)C(CNC(=O)OCC1c2ccccc2-c2ccccc21)C(C)C)C(=O)O. The Labute approximate surface area is 199 Å². The van der Waals surface area contributed by atoms with Gasteiger partial charge in [-0.2, -0.15) is 0 Å². The maximum absolute atomic E-state index is 12.8. The molecule has 0 saturated carbocycles. The van der Waals surface area contributed by atoms with Crippen LogP contribution in [-0.4, -0.2) is 55.5 Å². The number of rotatable bonds is 10. The molecule has 2 aromatic carbocycles. The van der Waals surface area contributed by atoms with Crippen molar-refractivity contribution in [2.75, 3.05) is 26.9 Å². The molecule has 182 valence electrons. The van der Waals surface area contributed by atoms with Crippen LogP contribution in [0, 0.1) is 11.8 Å². The van der Waals surface area contributed by atoms with Gasteiger partial charge in [-0.1, -0.05) is 62.4 Å². The summed E-state index contributed by atoms with van der Waals surface area (Å²) in [6, 6.07) is 16.1. The van der Waals surface area contributed by atoms with Crippen LogP contribution in [0.4, 0.5) is 4.79 Å². The van der Waals surface area contributed by atoms with E-state index in [1.165, 1.54) is 14.0 Å². The van der Waals surface area contributed by atoms with E-state index in [4.69, 9.17) is 9.47 Å². The van der Waals surface area contributed by atoms with E-state index >= 15 is 0 Å². The fraction of sp³-hybridized carbons (Fsp3) is 0.423. The number of carboxylic acid groups (broad SMARTS) is 1. The van der Waals surface area contributed by atoms with E-state index < -0.39 is 29.4 Å². The molecule has 34 heavy (non-hydrogen) atoms. The molecule has 0 heterocycles. The maximum atomic E-state index is 12.8. The number of methoxy groups -OCH3 is 1. The van der Waals surface area contributed by atoms with E-state index in [2.05, 4.69) is 22.8 Å². The van der Waals surface area contributed by atoms with Gasteiger partial charge in [0.2, 0.25) is 5.91 Å². The van der Waals surface area contributed by atoms with Gasteiger partial charge in [0, 0.05) is 19.6 Å². The number of aliphatic carboxylic acids is 1. The van der Waals surface area contributed by atoms with Gasteiger partial charge < -0.3 is 25.2 Å². The van der Waals surface area contributed by atoms with E-state index in [1.807, 2.05) is 50.2 Å². The minimum absolute atomic E-state index is 0.0167. The maximum Gasteiger partial charge on any atom is 0.407 e. The molecule has 0 bridgehead atoms. The van der Waals surface area contributed by atoms with Crippen LogP contribution in [0.2, 0.25) is 0 Å². The number of alkyl carbamates (subject to hydrolysis) is 1. The molecule has 1 aliphatic rings. The van der Waals surface area contributed by atoms with E-state index in [-0.39, 0.29) is 31.6 Å². The number of amides is 2. The van der Waals surface area contributed by atoms with Crippen LogP contribution in [-0.2, 0) is 19.1 Å². The lowest BCUT2D eigenvalue weighted by Gasteiger charge is -2.29. The quantitative estimate of drug-likeness (QED) is 0.492. The summed E-state index contributed by atoms with van der Waals surface area (Å²) in [7, 11) is 1.37. The minimum atomic E-state index is -1.57. The van der Waals surface area contributed by atoms with Crippen molar-refractivity contribution in [2.45, 2.75) is 32.2 Å². The molecular formula is C26H32N2O6. The van der Waals surface area contributed by atoms with Gasteiger partial charge in [0.25, 0.3) is 0 Å². The Morgan fingerprint density at radius 2 is 1.59 bits per heavy atom. The molecule has 8 nitrogen and oxygen atoms in total. The highest BCUT2D eigenvalue weighted by atomic mass is 16.5. The van der Waals surface area contributed by atoms with Gasteiger partial charge in [0.1, 0.15) is 6.61 Å². The lowest BCUT2D eigenvalue weighted by molar-refractivity contribution is -0.150. The molecule has 0 aromatic heterocycles. The van der Waals surface area contributed by atoms with Crippen LogP contribution in [0.3, 0.4) is 0 Å². The Bertz CT molecular complexity index is 1010. The fourth-order valence-electron chi connectivity index (χ4n) is 4.28. The molecule has 3 N–H and O–H groups in total. The number of carbonyl (C=O) groups excluding carboxylic acids is 2. The monoisotopic (exact) mass is 468 g/mol. The number of hydrogen-bond donors (Lipinski definition) is 3. The summed E-state index contributed by atoms with van der Waals surface area (Å²) >= 11 is 0. The smallest absolute Gasteiger partial charge is 0.407 e. The van der Waals surface area contributed by atoms with Crippen molar-refractivity contribution in [3.8, 4) is 11.1 Å². The van der Waals surface area contributed by atoms with Crippen molar-refractivity contribution in [3.05, 3.63) is 59.7 Å². The van der Waals surface area contributed by atoms with Gasteiger partial charge in [0.15, 0.2) is 5.54 Å². The third-order valence-corrected chi connectivity index (χ3v) is 6.26. The molecule has 2 amide bonds. The Balaban J connectivity index is 1.60. The van der Waals surface area contributed by atoms with E-state index in [9.17, 15) is 19.5 Å². The van der Waals surface area contributed by atoms with Gasteiger partial charge in [-0.25, -0.2) is 9.59 Å². The van der Waals surface area contributed by atoms with Crippen LogP contribution in [0.5, 0.6) is 0 Å². The van der Waals surface area contributed by atoms with Crippen molar-refractivity contribution >= 4 is 18.0 Å². The molecule has 0 aliphatic heterocycles. The van der Waals surface area contributed by atoms with Crippen molar-refractivity contribution in [1.29, 1.82) is 0 Å². The number of carboxylic acids is 1. The molecule has 0 radical (unpaired) electrons. The summed E-state index contributed by atoms with van der Waals surface area (Å²) in [5.41, 5.74) is 2.94. The molecule has 2 atom stereocenters. The van der Waals surface area contributed by atoms with E-state index in [1.54, 1.807) is 0 Å². The molecule has 1 aliphatic carbocycles. The summed E-state index contributed by atoms with van der Waals surface area (Å²) in [6.45, 7) is 5.05. The average molecular weight is 469 g/mol. The van der Waals surface area contributed by atoms with Crippen LogP contribution in [0.15, 0.2) is 48.5 Å². The van der Waals surface area contributed by atoms with Crippen molar-refractivity contribution in [3.63, 3.8) is 0 Å². The van der Waals surface area contributed by atoms with Crippen molar-refractivity contribution in [1.82, 2.24) is 10.6 Å². The third-order valence-electron chi connectivity index (χ3n) is 6.26. The number of ether oxygens (including phenoxy) is 2. The second kappa shape index (κ2) is 10.7. The summed E-state index contributed by atoms with van der Waals surface area (Å²) in [5, 5.41) is 14.7. The van der Waals surface area contributed by atoms with Crippen LogP contribution in [0.1, 0.15) is 37.8 Å². The molecular weight excluding hydrogens is 436 g/mol.